The fraction of sp³-hybridized carbons (Fsp3) is 0.393. The Morgan fingerprint density at radius 3 is 2.49 bits per heavy atom. The Kier molecular flexibility index (Phi) is 6.82. The summed E-state index contributed by atoms with van der Waals surface area (Å²) >= 11 is 0. The normalized spacial score (nSPS) is 20.7. The van der Waals surface area contributed by atoms with Crippen LogP contribution >= 0.6 is 0 Å². The summed E-state index contributed by atoms with van der Waals surface area (Å²) < 4.78 is 51.4. The van der Waals surface area contributed by atoms with Crippen molar-refractivity contribution in [3.05, 3.63) is 75.9 Å². The Morgan fingerprint density at radius 2 is 1.89 bits per heavy atom. The van der Waals surface area contributed by atoms with E-state index < -0.39 is 29.3 Å². The van der Waals surface area contributed by atoms with Crippen LogP contribution in [0.15, 0.2) is 42.0 Å². The van der Waals surface area contributed by atoms with Gasteiger partial charge in [-0.2, -0.15) is 0 Å². The molecule has 2 aliphatic rings. The Balaban J connectivity index is 1.90. The lowest BCUT2D eigenvalue weighted by Crippen LogP contribution is -2.47. The first-order valence-corrected chi connectivity index (χ1v) is 11.7. The third kappa shape index (κ3) is 5.15. The van der Waals surface area contributed by atoms with Gasteiger partial charge in [0.2, 0.25) is 0 Å². The van der Waals surface area contributed by atoms with Gasteiger partial charge in [0.05, 0.1) is 13.2 Å². The molecule has 0 bridgehead atoms. The van der Waals surface area contributed by atoms with Crippen molar-refractivity contribution in [2.75, 3.05) is 13.7 Å². The molecule has 186 valence electrons. The lowest BCUT2D eigenvalue weighted by molar-refractivity contribution is -0.131. The summed E-state index contributed by atoms with van der Waals surface area (Å²) in [4.78, 5) is 12.7. The van der Waals surface area contributed by atoms with Gasteiger partial charge in [0.1, 0.15) is 23.1 Å². The first kappa shape index (κ1) is 25.0. The molecule has 2 aromatic carbocycles. The van der Waals surface area contributed by atoms with Crippen LogP contribution in [0.1, 0.15) is 61.9 Å². The number of aryl methyl sites for hydroxylation is 1. The van der Waals surface area contributed by atoms with E-state index in [1.165, 1.54) is 13.8 Å². The third-order valence-electron chi connectivity index (χ3n) is 6.77. The number of carboxylic acid groups (broad SMARTS) is 1. The van der Waals surface area contributed by atoms with Gasteiger partial charge < -0.3 is 9.84 Å². The number of methoxy groups -OCH3 is 1. The SMILES string of the molecule is COc1ccc2c(c1)C1=C(CC2)C(c2c(F)cc(/C=C/C(=O)O)cc2F)N(CC(C)(C)F)C(C)C1. The van der Waals surface area contributed by atoms with E-state index in [0.717, 1.165) is 46.6 Å². The molecule has 7 heteroatoms. The molecule has 1 heterocycles. The number of aliphatic carboxylic acids is 1. The van der Waals surface area contributed by atoms with E-state index in [2.05, 4.69) is 0 Å². The zero-order valence-electron chi connectivity index (χ0n) is 20.4. The number of benzene rings is 2. The van der Waals surface area contributed by atoms with Crippen LogP contribution in [-0.2, 0) is 11.2 Å². The second-order valence-corrected chi connectivity index (χ2v) is 9.94. The second-order valence-electron chi connectivity index (χ2n) is 9.94. The Hall–Kier alpha value is -3.06. The number of alkyl halides is 1. The lowest BCUT2D eigenvalue weighted by Gasteiger charge is -2.47. The van der Waals surface area contributed by atoms with E-state index in [9.17, 15) is 9.18 Å². The van der Waals surface area contributed by atoms with Crippen molar-refractivity contribution in [1.82, 2.24) is 4.90 Å². The van der Waals surface area contributed by atoms with E-state index in [-0.39, 0.29) is 23.7 Å². The monoisotopic (exact) mass is 485 g/mol. The molecule has 0 fully saturated rings. The number of hydrogen-bond acceptors (Lipinski definition) is 3. The van der Waals surface area contributed by atoms with E-state index in [1.54, 1.807) is 7.11 Å². The molecule has 2 unspecified atom stereocenters. The molecular weight excluding hydrogens is 455 g/mol. The first-order chi connectivity index (χ1) is 16.5. The highest BCUT2D eigenvalue weighted by molar-refractivity contribution is 5.85. The average Bonchev–Trinajstić information content (AvgIpc) is 2.77. The summed E-state index contributed by atoms with van der Waals surface area (Å²) in [5.74, 6) is -2.06. The van der Waals surface area contributed by atoms with Gasteiger partial charge in [-0.3, -0.25) is 4.90 Å². The molecule has 1 aliphatic carbocycles. The van der Waals surface area contributed by atoms with Gasteiger partial charge in [0.25, 0.3) is 0 Å². The van der Waals surface area contributed by atoms with Crippen LogP contribution in [0.2, 0.25) is 0 Å². The molecule has 0 saturated carbocycles. The Morgan fingerprint density at radius 1 is 1.20 bits per heavy atom. The number of ether oxygens (including phenoxy) is 1. The molecule has 1 N–H and O–H groups in total. The van der Waals surface area contributed by atoms with E-state index in [1.807, 2.05) is 30.0 Å². The van der Waals surface area contributed by atoms with Crippen molar-refractivity contribution >= 4 is 17.6 Å². The van der Waals surface area contributed by atoms with Crippen LogP contribution in [0.4, 0.5) is 13.2 Å². The summed E-state index contributed by atoms with van der Waals surface area (Å²) in [7, 11) is 1.60. The zero-order chi connectivity index (χ0) is 25.5. The second kappa shape index (κ2) is 9.53. The maximum Gasteiger partial charge on any atom is 0.328 e. The fourth-order valence-corrected chi connectivity index (χ4v) is 5.33. The van der Waals surface area contributed by atoms with Crippen LogP contribution in [0, 0.1) is 11.6 Å². The summed E-state index contributed by atoms with van der Waals surface area (Å²) in [6.45, 7) is 4.90. The molecule has 0 radical (unpaired) electrons. The van der Waals surface area contributed by atoms with Crippen LogP contribution in [-0.4, -0.2) is 41.3 Å². The van der Waals surface area contributed by atoms with Crippen molar-refractivity contribution in [2.24, 2.45) is 0 Å². The molecule has 0 amide bonds. The smallest absolute Gasteiger partial charge is 0.328 e. The number of nitrogens with zero attached hydrogens (tertiary/aromatic N) is 1. The van der Waals surface area contributed by atoms with E-state index in [4.69, 9.17) is 9.84 Å². The number of fused-ring (bicyclic) bond motifs is 2. The molecule has 0 spiro atoms. The molecule has 0 aromatic heterocycles. The summed E-state index contributed by atoms with van der Waals surface area (Å²) in [5.41, 5.74) is 2.50. The number of carbonyl (C=O) groups is 1. The Labute approximate surface area is 203 Å². The highest BCUT2D eigenvalue weighted by Crippen LogP contribution is 2.49. The van der Waals surface area contributed by atoms with Crippen molar-refractivity contribution in [3.63, 3.8) is 0 Å². The minimum absolute atomic E-state index is 0.0140. The largest absolute Gasteiger partial charge is 0.497 e. The molecule has 35 heavy (non-hydrogen) atoms. The maximum absolute atomic E-state index is 15.5. The predicted octanol–water partition coefficient (Wildman–Crippen LogP) is 6.35. The van der Waals surface area contributed by atoms with Crippen LogP contribution < -0.4 is 4.74 Å². The van der Waals surface area contributed by atoms with Crippen LogP contribution in [0.3, 0.4) is 0 Å². The zero-order valence-corrected chi connectivity index (χ0v) is 20.4. The number of carboxylic acids is 1. The van der Waals surface area contributed by atoms with Crippen LogP contribution in [0.5, 0.6) is 5.75 Å². The van der Waals surface area contributed by atoms with Gasteiger partial charge in [-0.05, 0) is 98.2 Å². The lowest BCUT2D eigenvalue weighted by atomic mass is 9.74. The topological polar surface area (TPSA) is 49.8 Å². The maximum atomic E-state index is 15.5. The van der Waals surface area contributed by atoms with Gasteiger partial charge in [0, 0.05) is 24.2 Å². The molecule has 0 saturated heterocycles. The first-order valence-electron chi connectivity index (χ1n) is 11.7. The highest BCUT2D eigenvalue weighted by atomic mass is 19.1. The van der Waals surface area contributed by atoms with Crippen molar-refractivity contribution in [3.8, 4) is 5.75 Å². The minimum atomic E-state index is -1.57. The molecule has 1 aliphatic heterocycles. The average molecular weight is 486 g/mol. The van der Waals surface area contributed by atoms with E-state index in [0.29, 0.717) is 25.0 Å². The van der Waals surface area contributed by atoms with Crippen molar-refractivity contribution in [1.29, 1.82) is 0 Å². The third-order valence-corrected chi connectivity index (χ3v) is 6.77. The van der Waals surface area contributed by atoms with Gasteiger partial charge in [-0.1, -0.05) is 6.07 Å². The number of rotatable bonds is 6. The van der Waals surface area contributed by atoms with Gasteiger partial charge in [-0.25, -0.2) is 18.0 Å². The fourth-order valence-electron chi connectivity index (χ4n) is 5.33. The van der Waals surface area contributed by atoms with Gasteiger partial charge >= 0.3 is 5.97 Å². The van der Waals surface area contributed by atoms with Gasteiger partial charge in [0.15, 0.2) is 0 Å². The number of halogens is 3. The molecule has 4 rings (SSSR count). The Bertz CT molecular complexity index is 1190. The molecular formula is C28H30F3NO3. The molecule has 2 aromatic rings. The summed E-state index contributed by atoms with van der Waals surface area (Å²) in [5, 5.41) is 8.86. The summed E-state index contributed by atoms with van der Waals surface area (Å²) in [6, 6.07) is 7.23. The van der Waals surface area contributed by atoms with E-state index >= 15 is 8.78 Å². The standard InChI is InChI=1S/C28H30F3NO3/c1-16-11-22-20(9-7-18-6-8-19(35-4)14-21(18)22)27(32(16)15-28(2,3)31)26-23(29)12-17(13-24(26)30)5-10-25(33)34/h5-6,8,10,12-14,16,27H,7,9,11,15H2,1-4H3,(H,33,34)/b10-5+. The molecule has 4 nitrogen and oxygen atoms in total. The van der Waals surface area contributed by atoms with Crippen molar-refractivity contribution in [2.45, 2.75) is 57.8 Å². The number of hydrogen-bond donors (Lipinski definition) is 1. The molecule has 2 atom stereocenters. The van der Waals surface area contributed by atoms with Crippen molar-refractivity contribution < 1.29 is 27.8 Å². The van der Waals surface area contributed by atoms with Gasteiger partial charge in [-0.15, -0.1) is 0 Å². The minimum Gasteiger partial charge on any atom is -0.497 e. The quantitative estimate of drug-likeness (QED) is 0.484. The van der Waals surface area contributed by atoms with Crippen LogP contribution in [0.25, 0.3) is 11.6 Å². The summed E-state index contributed by atoms with van der Waals surface area (Å²) in [6.07, 6.45) is 3.93. The predicted molar refractivity (Wildman–Crippen MR) is 130 cm³/mol. The highest BCUT2D eigenvalue weighted by Gasteiger charge is 2.41.